The highest BCUT2D eigenvalue weighted by Gasteiger charge is 2.38. The van der Waals surface area contributed by atoms with Gasteiger partial charge in [0.15, 0.2) is 0 Å². The van der Waals surface area contributed by atoms with Crippen LogP contribution in [0, 0.1) is 0 Å². The molecule has 88 valence electrons. The molecule has 0 fully saturated rings. The molecule has 1 amide bonds. The van der Waals surface area contributed by atoms with E-state index < -0.39 is 0 Å². The summed E-state index contributed by atoms with van der Waals surface area (Å²) in [6.07, 6.45) is 0. The number of nitrogens with zero attached hydrogens (tertiary/aromatic N) is 1. The molecule has 0 saturated heterocycles. The summed E-state index contributed by atoms with van der Waals surface area (Å²) in [5, 5.41) is 0. The van der Waals surface area contributed by atoms with E-state index in [9.17, 15) is 4.79 Å². The quantitative estimate of drug-likeness (QED) is 0.781. The average molecular weight is 235 g/mol. The van der Waals surface area contributed by atoms with Crippen molar-refractivity contribution in [3.8, 4) is 0 Å². The van der Waals surface area contributed by atoms with Crippen molar-refractivity contribution in [2.75, 3.05) is 0 Å². The smallest absolute Gasteiger partial charge is 0.228 e. The predicted octanol–water partition coefficient (Wildman–Crippen LogP) is 3.37. The van der Waals surface area contributed by atoms with Gasteiger partial charge in [0.2, 0.25) is 5.91 Å². The highest BCUT2D eigenvalue weighted by Crippen LogP contribution is 2.46. The Morgan fingerprint density at radius 3 is 1.50 bits per heavy atom. The molecule has 0 atom stereocenters. The van der Waals surface area contributed by atoms with Gasteiger partial charge in [-0.3, -0.25) is 9.69 Å². The number of rotatable bonds is 2. The lowest BCUT2D eigenvalue weighted by Gasteiger charge is -2.02. The molecule has 0 saturated carbocycles. The van der Waals surface area contributed by atoms with E-state index in [1.54, 1.807) is 11.8 Å². The first-order valence-electron chi connectivity index (χ1n) is 5.95. The Kier molecular flexibility index (Phi) is 2.49. The summed E-state index contributed by atoms with van der Waals surface area (Å²) in [6.45, 7) is 1.60. The zero-order valence-electron chi connectivity index (χ0n) is 10.1. The van der Waals surface area contributed by atoms with Gasteiger partial charge in [0.1, 0.15) is 0 Å². The first-order valence-corrected chi connectivity index (χ1v) is 5.95. The normalized spacial score (nSPS) is 13.7. The van der Waals surface area contributed by atoms with Crippen LogP contribution in [0.4, 0.5) is 0 Å². The van der Waals surface area contributed by atoms with E-state index in [1.807, 2.05) is 60.7 Å². The molecule has 1 aliphatic rings. The molecule has 0 bridgehead atoms. The average Bonchev–Trinajstić information content (AvgIpc) is 3.16. The zero-order chi connectivity index (χ0) is 12.5. The molecule has 0 aliphatic carbocycles. The van der Waals surface area contributed by atoms with Gasteiger partial charge in [0, 0.05) is 18.1 Å². The maximum atomic E-state index is 11.7. The Morgan fingerprint density at radius 2 is 1.17 bits per heavy atom. The number of hydrogen-bond acceptors (Lipinski definition) is 1. The van der Waals surface area contributed by atoms with Gasteiger partial charge >= 0.3 is 0 Å². The van der Waals surface area contributed by atoms with E-state index in [2.05, 4.69) is 0 Å². The summed E-state index contributed by atoms with van der Waals surface area (Å²) < 4.78 is 0. The molecule has 18 heavy (non-hydrogen) atoms. The van der Waals surface area contributed by atoms with Crippen LogP contribution in [0.3, 0.4) is 0 Å². The first kappa shape index (κ1) is 10.8. The number of carbonyl (C=O) groups is 1. The van der Waals surface area contributed by atoms with E-state index in [4.69, 9.17) is 0 Å². The van der Waals surface area contributed by atoms with Crippen molar-refractivity contribution in [1.29, 1.82) is 0 Å². The summed E-state index contributed by atoms with van der Waals surface area (Å²) in [5.74, 6) is 0.0627. The van der Waals surface area contributed by atoms with Crippen molar-refractivity contribution < 1.29 is 4.79 Å². The second-order valence-corrected chi connectivity index (χ2v) is 4.28. The van der Waals surface area contributed by atoms with Crippen LogP contribution in [0.2, 0.25) is 0 Å². The van der Waals surface area contributed by atoms with Gasteiger partial charge in [-0.1, -0.05) is 60.7 Å². The van der Waals surface area contributed by atoms with Crippen molar-refractivity contribution in [2.24, 2.45) is 0 Å². The lowest BCUT2D eigenvalue weighted by atomic mass is 10.1. The topological polar surface area (TPSA) is 20.1 Å². The molecule has 0 aromatic heterocycles. The molecule has 0 unspecified atom stereocenters. The molecule has 2 heteroatoms. The van der Waals surface area contributed by atoms with Crippen molar-refractivity contribution in [1.82, 2.24) is 4.90 Å². The molecule has 2 aromatic carbocycles. The minimum Gasteiger partial charge on any atom is -0.276 e. The standard InChI is InChI=1S/C16H13NO/c1-12(18)17-15(13-8-4-2-5-9-13)16(17)14-10-6-3-7-11-14/h2-11H,1H3. The van der Waals surface area contributed by atoms with Crippen LogP contribution in [0.5, 0.6) is 0 Å². The number of hydrogen-bond donors (Lipinski definition) is 0. The molecule has 1 heterocycles. The minimum atomic E-state index is 0.0627. The molecule has 0 N–H and O–H groups in total. The van der Waals surface area contributed by atoms with Crippen molar-refractivity contribution >= 4 is 17.3 Å². The summed E-state index contributed by atoms with van der Waals surface area (Å²) in [7, 11) is 0. The van der Waals surface area contributed by atoms with E-state index >= 15 is 0 Å². The third-order valence-electron chi connectivity index (χ3n) is 3.03. The predicted molar refractivity (Wildman–Crippen MR) is 72.2 cm³/mol. The van der Waals surface area contributed by atoms with E-state index in [0.717, 1.165) is 22.5 Å². The van der Waals surface area contributed by atoms with Gasteiger partial charge < -0.3 is 0 Å². The van der Waals surface area contributed by atoms with Crippen LogP contribution in [-0.4, -0.2) is 10.8 Å². The van der Waals surface area contributed by atoms with Gasteiger partial charge in [0.05, 0.1) is 11.4 Å². The Bertz CT molecular complexity index is 565. The second-order valence-electron chi connectivity index (χ2n) is 4.28. The summed E-state index contributed by atoms with van der Waals surface area (Å²) in [6, 6.07) is 20.0. The van der Waals surface area contributed by atoms with Crippen molar-refractivity contribution in [2.45, 2.75) is 6.92 Å². The molecule has 2 aromatic rings. The number of carbonyl (C=O) groups excluding carboxylic acids is 1. The largest absolute Gasteiger partial charge is 0.276 e. The fraction of sp³-hybridized carbons (Fsp3) is 0.0625. The lowest BCUT2D eigenvalue weighted by Crippen LogP contribution is -2.08. The maximum absolute atomic E-state index is 11.7. The molecule has 0 spiro atoms. The van der Waals surface area contributed by atoms with Gasteiger partial charge in [-0.2, -0.15) is 0 Å². The fourth-order valence-electron chi connectivity index (χ4n) is 2.20. The van der Waals surface area contributed by atoms with Crippen LogP contribution in [0.25, 0.3) is 11.4 Å². The van der Waals surface area contributed by atoms with Crippen LogP contribution >= 0.6 is 0 Å². The Morgan fingerprint density at radius 1 is 0.778 bits per heavy atom. The summed E-state index contributed by atoms with van der Waals surface area (Å²) >= 11 is 0. The molecule has 3 rings (SSSR count). The highest BCUT2D eigenvalue weighted by molar-refractivity contribution is 6.15. The van der Waals surface area contributed by atoms with Crippen LogP contribution < -0.4 is 0 Å². The van der Waals surface area contributed by atoms with Crippen molar-refractivity contribution in [3.63, 3.8) is 0 Å². The fourth-order valence-corrected chi connectivity index (χ4v) is 2.20. The SMILES string of the molecule is CC(=O)N1C(c2ccccc2)=C1c1ccccc1. The second kappa shape index (κ2) is 4.15. The van der Waals surface area contributed by atoms with Gasteiger partial charge in [-0.15, -0.1) is 0 Å². The number of amides is 1. The monoisotopic (exact) mass is 235 g/mol. The van der Waals surface area contributed by atoms with E-state index in [1.165, 1.54) is 0 Å². The summed E-state index contributed by atoms with van der Waals surface area (Å²) in [4.78, 5) is 13.4. The third kappa shape index (κ3) is 1.72. The summed E-state index contributed by atoms with van der Waals surface area (Å²) in [5.41, 5.74) is 4.22. The van der Waals surface area contributed by atoms with Gasteiger partial charge in [-0.25, -0.2) is 0 Å². The molecular weight excluding hydrogens is 222 g/mol. The van der Waals surface area contributed by atoms with Gasteiger partial charge in [-0.05, 0) is 0 Å². The van der Waals surface area contributed by atoms with E-state index in [-0.39, 0.29) is 5.91 Å². The van der Waals surface area contributed by atoms with Crippen molar-refractivity contribution in [3.05, 3.63) is 71.8 Å². The Labute approximate surface area is 106 Å². The first-order chi connectivity index (χ1) is 8.79. The third-order valence-corrected chi connectivity index (χ3v) is 3.03. The number of benzene rings is 2. The maximum Gasteiger partial charge on any atom is 0.228 e. The Hall–Kier alpha value is -2.35. The molecule has 2 nitrogen and oxygen atoms in total. The van der Waals surface area contributed by atoms with E-state index in [0.29, 0.717) is 0 Å². The molecule has 1 aliphatic heterocycles. The highest BCUT2D eigenvalue weighted by atomic mass is 16.2. The zero-order valence-corrected chi connectivity index (χ0v) is 10.1. The van der Waals surface area contributed by atoms with Crippen LogP contribution in [-0.2, 0) is 4.79 Å². The van der Waals surface area contributed by atoms with Crippen LogP contribution in [0.15, 0.2) is 60.7 Å². The molecular formula is C16H13NO. The lowest BCUT2D eigenvalue weighted by molar-refractivity contribution is -0.122. The Balaban J connectivity index is 2.05. The van der Waals surface area contributed by atoms with Crippen LogP contribution in [0.1, 0.15) is 18.1 Å². The molecule has 0 radical (unpaired) electrons. The van der Waals surface area contributed by atoms with Gasteiger partial charge in [0.25, 0.3) is 0 Å². The minimum absolute atomic E-state index is 0.0627.